The molecule has 1 aromatic heterocycles. The van der Waals surface area contributed by atoms with Gasteiger partial charge in [-0.05, 0) is 37.0 Å². The highest BCUT2D eigenvalue weighted by atomic mass is 35.5. The summed E-state index contributed by atoms with van der Waals surface area (Å²) < 4.78 is 5.23. The molecule has 0 spiro atoms. The van der Waals surface area contributed by atoms with Crippen molar-refractivity contribution in [3.05, 3.63) is 35.6 Å². The second-order valence-corrected chi connectivity index (χ2v) is 6.79. The van der Waals surface area contributed by atoms with E-state index in [1.54, 1.807) is 24.3 Å². The first-order chi connectivity index (χ1) is 12.5. The fourth-order valence-corrected chi connectivity index (χ4v) is 3.05. The van der Waals surface area contributed by atoms with Crippen molar-refractivity contribution in [2.75, 3.05) is 35.7 Å². The molecule has 26 heavy (non-hydrogen) atoms. The Hall–Kier alpha value is -2.54. The number of ether oxygens (including phenoxy) is 1. The van der Waals surface area contributed by atoms with E-state index in [2.05, 4.69) is 32.4 Å². The zero-order valence-electron chi connectivity index (χ0n) is 14.8. The number of hydrogen-bond acceptors (Lipinski definition) is 5. The number of carbonyl (C=O) groups excluding carboxylic acids is 1. The fraction of sp³-hybridized carbons (Fsp3) is 0.389. The summed E-state index contributed by atoms with van der Waals surface area (Å²) >= 11 is 5.98. The van der Waals surface area contributed by atoms with Crippen LogP contribution >= 0.6 is 11.6 Å². The number of amides is 2. The minimum Gasteiger partial charge on any atom is -0.495 e. The van der Waals surface area contributed by atoms with Crippen LogP contribution in [0.3, 0.4) is 0 Å². The van der Waals surface area contributed by atoms with Gasteiger partial charge in [-0.2, -0.15) is 0 Å². The van der Waals surface area contributed by atoms with Crippen LogP contribution in [0, 0.1) is 5.92 Å². The standard InChI is InChI=1S/C18H22ClN5O2/c1-12-5-7-24(8-6-12)17-10-16(20-11-21-17)23-18(25)22-14-9-13(19)3-4-15(14)26-2/h3-4,9-12H,5-8H2,1-2H3,(H2,20,21,22,23,25). The maximum absolute atomic E-state index is 12.3. The molecule has 2 aromatic rings. The van der Waals surface area contributed by atoms with E-state index >= 15 is 0 Å². The smallest absolute Gasteiger partial charge is 0.324 e. The first kappa shape index (κ1) is 18.3. The van der Waals surface area contributed by atoms with E-state index in [1.165, 1.54) is 13.4 Å². The lowest BCUT2D eigenvalue weighted by molar-refractivity contribution is 0.262. The van der Waals surface area contributed by atoms with Gasteiger partial charge < -0.3 is 15.0 Å². The minimum absolute atomic E-state index is 0.428. The molecule has 0 unspecified atom stereocenters. The van der Waals surface area contributed by atoms with Crippen molar-refractivity contribution >= 4 is 35.0 Å². The van der Waals surface area contributed by atoms with Gasteiger partial charge in [0.2, 0.25) is 0 Å². The Bertz CT molecular complexity index is 778. The first-order valence-electron chi connectivity index (χ1n) is 8.53. The molecule has 0 radical (unpaired) electrons. The number of hydrogen-bond donors (Lipinski definition) is 2. The summed E-state index contributed by atoms with van der Waals surface area (Å²) in [5, 5.41) is 5.95. The van der Waals surface area contributed by atoms with Crippen LogP contribution in [0.15, 0.2) is 30.6 Å². The minimum atomic E-state index is -0.428. The maximum atomic E-state index is 12.3. The number of anilines is 3. The van der Waals surface area contributed by atoms with Gasteiger partial charge in [-0.15, -0.1) is 0 Å². The van der Waals surface area contributed by atoms with E-state index in [4.69, 9.17) is 16.3 Å². The molecule has 138 valence electrons. The zero-order valence-corrected chi connectivity index (χ0v) is 15.6. The number of aromatic nitrogens is 2. The van der Waals surface area contributed by atoms with Gasteiger partial charge in [0.25, 0.3) is 0 Å². The number of halogens is 1. The van der Waals surface area contributed by atoms with Gasteiger partial charge in [0.15, 0.2) is 0 Å². The van der Waals surface area contributed by atoms with Gasteiger partial charge in [0, 0.05) is 24.2 Å². The molecule has 0 saturated carbocycles. The molecule has 1 fully saturated rings. The van der Waals surface area contributed by atoms with Crippen LogP contribution in [-0.4, -0.2) is 36.2 Å². The molecule has 0 bridgehead atoms. The molecule has 3 rings (SSSR count). The monoisotopic (exact) mass is 375 g/mol. The normalized spacial score (nSPS) is 14.8. The van der Waals surface area contributed by atoms with Crippen molar-refractivity contribution in [2.24, 2.45) is 5.92 Å². The highest BCUT2D eigenvalue weighted by molar-refractivity contribution is 6.31. The van der Waals surface area contributed by atoms with Crippen LogP contribution in [0.1, 0.15) is 19.8 Å². The molecule has 1 aliphatic rings. The average molecular weight is 376 g/mol. The molecular formula is C18H22ClN5O2. The summed E-state index contributed by atoms with van der Waals surface area (Å²) in [6.45, 7) is 4.19. The molecular weight excluding hydrogens is 354 g/mol. The van der Waals surface area contributed by atoms with E-state index in [9.17, 15) is 4.79 Å². The molecule has 7 nitrogen and oxygen atoms in total. The summed E-state index contributed by atoms with van der Waals surface area (Å²) in [4.78, 5) is 23.0. The van der Waals surface area contributed by atoms with Gasteiger partial charge in [0.05, 0.1) is 12.8 Å². The van der Waals surface area contributed by atoms with Gasteiger partial charge >= 0.3 is 6.03 Å². The van der Waals surface area contributed by atoms with Crippen LogP contribution in [0.4, 0.5) is 22.1 Å². The molecule has 1 aromatic carbocycles. The number of carbonyl (C=O) groups is 1. The lowest BCUT2D eigenvalue weighted by atomic mass is 9.99. The Kier molecular flexibility index (Phi) is 5.78. The Labute approximate surface area is 157 Å². The Morgan fingerprint density at radius 1 is 1.23 bits per heavy atom. The average Bonchev–Trinajstić information content (AvgIpc) is 2.62. The van der Waals surface area contributed by atoms with E-state index in [0.717, 1.165) is 37.7 Å². The van der Waals surface area contributed by atoms with Crippen molar-refractivity contribution in [1.29, 1.82) is 0 Å². The summed E-state index contributed by atoms with van der Waals surface area (Å²) in [5.41, 5.74) is 0.483. The third-order valence-electron chi connectivity index (χ3n) is 4.41. The summed E-state index contributed by atoms with van der Waals surface area (Å²) in [6, 6.07) is 6.37. The van der Waals surface area contributed by atoms with Crippen LogP contribution in [0.2, 0.25) is 5.02 Å². The quantitative estimate of drug-likeness (QED) is 0.843. The lowest BCUT2D eigenvalue weighted by Gasteiger charge is -2.31. The van der Waals surface area contributed by atoms with E-state index in [1.807, 2.05) is 0 Å². The molecule has 2 heterocycles. The second kappa shape index (κ2) is 8.23. The van der Waals surface area contributed by atoms with Crippen LogP contribution in [-0.2, 0) is 0 Å². The highest BCUT2D eigenvalue weighted by Crippen LogP contribution is 2.28. The largest absolute Gasteiger partial charge is 0.495 e. The molecule has 0 atom stereocenters. The Morgan fingerprint density at radius 2 is 2.00 bits per heavy atom. The number of methoxy groups -OCH3 is 1. The van der Waals surface area contributed by atoms with Crippen LogP contribution < -0.4 is 20.3 Å². The molecule has 0 aliphatic carbocycles. The Balaban J connectivity index is 1.66. The van der Waals surface area contributed by atoms with Crippen molar-refractivity contribution in [3.63, 3.8) is 0 Å². The van der Waals surface area contributed by atoms with Gasteiger partial charge in [0.1, 0.15) is 23.7 Å². The zero-order chi connectivity index (χ0) is 18.5. The summed E-state index contributed by atoms with van der Waals surface area (Å²) in [5.74, 6) is 2.52. The van der Waals surface area contributed by atoms with Crippen molar-refractivity contribution in [1.82, 2.24) is 9.97 Å². The molecule has 1 saturated heterocycles. The molecule has 2 amide bonds. The highest BCUT2D eigenvalue weighted by Gasteiger charge is 2.18. The molecule has 8 heteroatoms. The SMILES string of the molecule is COc1ccc(Cl)cc1NC(=O)Nc1cc(N2CCC(C)CC2)ncn1. The fourth-order valence-electron chi connectivity index (χ4n) is 2.87. The second-order valence-electron chi connectivity index (χ2n) is 6.35. The molecule has 1 aliphatic heterocycles. The number of urea groups is 1. The number of benzene rings is 1. The molecule has 2 N–H and O–H groups in total. The van der Waals surface area contributed by atoms with E-state index < -0.39 is 6.03 Å². The van der Waals surface area contributed by atoms with Crippen molar-refractivity contribution < 1.29 is 9.53 Å². The van der Waals surface area contributed by atoms with Crippen LogP contribution in [0.25, 0.3) is 0 Å². The van der Waals surface area contributed by atoms with E-state index in [0.29, 0.717) is 22.3 Å². The first-order valence-corrected chi connectivity index (χ1v) is 8.91. The summed E-state index contributed by atoms with van der Waals surface area (Å²) in [7, 11) is 1.53. The van der Waals surface area contributed by atoms with Crippen LogP contribution in [0.5, 0.6) is 5.75 Å². The number of nitrogens with zero attached hydrogens (tertiary/aromatic N) is 3. The van der Waals surface area contributed by atoms with Gasteiger partial charge in [-0.3, -0.25) is 5.32 Å². The van der Waals surface area contributed by atoms with Crippen molar-refractivity contribution in [3.8, 4) is 5.75 Å². The third kappa shape index (κ3) is 4.54. The number of piperidine rings is 1. The summed E-state index contributed by atoms with van der Waals surface area (Å²) in [6.07, 6.45) is 3.74. The lowest BCUT2D eigenvalue weighted by Crippen LogP contribution is -2.33. The number of rotatable bonds is 4. The van der Waals surface area contributed by atoms with Gasteiger partial charge in [-0.1, -0.05) is 18.5 Å². The van der Waals surface area contributed by atoms with Crippen molar-refractivity contribution in [2.45, 2.75) is 19.8 Å². The Morgan fingerprint density at radius 3 is 2.73 bits per heavy atom. The topological polar surface area (TPSA) is 79.4 Å². The van der Waals surface area contributed by atoms with Gasteiger partial charge in [-0.25, -0.2) is 14.8 Å². The third-order valence-corrected chi connectivity index (χ3v) is 4.65. The predicted molar refractivity (Wildman–Crippen MR) is 103 cm³/mol. The number of nitrogens with one attached hydrogen (secondary N) is 2. The maximum Gasteiger partial charge on any atom is 0.324 e. The van der Waals surface area contributed by atoms with E-state index in [-0.39, 0.29) is 0 Å². The predicted octanol–water partition coefficient (Wildman–Crippen LogP) is 4.02.